The van der Waals surface area contributed by atoms with Gasteiger partial charge < -0.3 is 10.3 Å². The third-order valence-corrected chi connectivity index (χ3v) is 8.03. The Balaban J connectivity index is 1.46. The van der Waals surface area contributed by atoms with E-state index in [0.717, 1.165) is 23.7 Å². The van der Waals surface area contributed by atoms with E-state index in [4.69, 9.17) is 0 Å². The molecule has 11 heteroatoms. The summed E-state index contributed by atoms with van der Waals surface area (Å²) >= 11 is 0. The monoisotopic (exact) mass is 495 g/mol. The lowest BCUT2D eigenvalue weighted by atomic mass is 10.1. The van der Waals surface area contributed by atoms with E-state index >= 15 is 0 Å². The van der Waals surface area contributed by atoms with Crippen molar-refractivity contribution in [2.24, 2.45) is 0 Å². The Labute approximate surface area is 203 Å². The van der Waals surface area contributed by atoms with Crippen LogP contribution in [0.3, 0.4) is 0 Å². The lowest BCUT2D eigenvalue weighted by Gasteiger charge is -2.30. The van der Waals surface area contributed by atoms with Gasteiger partial charge in [-0.3, -0.25) is 4.98 Å². The van der Waals surface area contributed by atoms with Crippen molar-refractivity contribution in [3.8, 4) is 11.4 Å². The van der Waals surface area contributed by atoms with Crippen LogP contribution >= 0.6 is 0 Å². The number of halogens is 1. The van der Waals surface area contributed by atoms with Crippen LogP contribution < -0.4 is 5.32 Å². The summed E-state index contributed by atoms with van der Waals surface area (Å²) in [6, 6.07) is 9.46. The molecule has 182 valence electrons. The van der Waals surface area contributed by atoms with Crippen molar-refractivity contribution in [1.29, 1.82) is 0 Å². The molecule has 1 aromatic carbocycles. The topological polar surface area (TPSA) is 107 Å². The van der Waals surface area contributed by atoms with Gasteiger partial charge in [0.2, 0.25) is 0 Å². The summed E-state index contributed by atoms with van der Waals surface area (Å²) in [5.41, 5.74) is 4.19. The van der Waals surface area contributed by atoms with E-state index in [9.17, 15) is 12.8 Å². The van der Waals surface area contributed by atoms with Gasteiger partial charge in [0.1, 0.15) is 11.6 Å². The number of pyridine rings is 1. The highest BCUT2D eigenvalue weighted by atomic mass is 32.2. The molecule has 0 radical (unpaired) electrons. The van der Waals surface area contributed by atoms with Gasteiger partial charge in [-0.2, -0.15) is 17.0 Å². The molecule has 0 unspecified atom stereocenters. The average molecular weight is 496 g/mol. The standard InChI is InChI=1S/C24H26FN7O2S/c1-31(2)35(33,34)32-10-8-20-22(15-32)29-23(17-11-18(25)14-26-12-17)30-24(20)27-9-7-16-13-28-21-6-4-3-5-19(16)21/h3-6,11-14,28H,7-10,15H2,1-2H3,(H,27,29,30). The molecular formula is C24H26FN7O2S. The molecule has 0 amide bonds. The molecule has 35 heavy (non-hydrogen) atoms. The molecule has 5 rings (SSSR count). The van der Waals surface area contributed by atoms with Crippen LogP contribution in [0.2, 0.25) is 0 Å². The van der Waals surface area contributed by atoms with Crippen molar-refractivity contribution < 1.29 is 12.8 Å². The molecule has 1 aliphatic heterocycles. The summed E-state index contributed by atoms with van der Waals surface area (Å²) in [6.07, 6.45) is 5.86. The molecule has 0 bridgehead atoms. The Morgan fingerprint density at radius 1 is 1.20 bits per heavy atom. The maximum Gasteiger partial charge on any atom is 0.281 e. The molecule has 2 N–H and O–H groups in total. The van der Waals surface area contributed by atoms with Gasteiger partial charge in [0.25, 0.3) is 10.2 Å². The number of benzene rings is 1. The van der Waals surface area contributed by atoms with Crippen LogP contribution in [-0.4, -0.2) is 64.1 Å². The lowest BCUT2D eigenvalue weighted by molar-refractivity contribution is 0.354. The quantitative estimate of drug-likeness (QED) is 0.408. The number of H-pyrrole nitrogens is 1. The van der Waals surface area contributed by atoms with Crippen LogP contribution in [0.25, 0.3) is 22.3 Å². The number of anilines is 1. The first-order valence-corrected chi connectivity index (χ1v) is 12.7. The second-order valence-corrected chi connectivity index (χ2v) is 10.8. The Hall–Kier alpha value is -3.41. The molecule has 0 fully saturated rings. The summed E-state index contributed by atoms with van der Waals surface area (Å²) < 4.78 is 41.9. The summed E-state index contributed by atoms with van der Waals surface area (Å²) in [4.78, 5) is 16.5. The highest BCUT2D eigenvalue weighted by Gasteiger charge is 2.31. The average Bonchev–Trinajstić information content (AvgIpc) is 3.26. The number of aromatic nitrogens is 4. The highest BCUT2D eigenvalue weighted by Crippen LogP contribution is 2.29. The molecular weight excluding hydrogens is 469 g/mol. The number of nitrogens with zero attached hydrogens (tertiary/aromatic N) is 5. The van der Waals surface area contributed by atoms with Gasteiger partial charge in [-0.25, -0.2) is 14.4 Å². The van der Waals surface area contributed by atoms with E-state index in [0.29, 0.717) is 42.4 Å². The van der Waals surface area contributed by atoms with Gasteiger partial charge in [-0.1, -0.05) is 18.2 Å². The lowest BCUT2D eigenvalue weighted by Crippen LogP contribution is -2.43. The number of hydrogen-bond donors (Lipinski definition) is 2. The van der Waals surface area contributed by atoms with E-state index in [1.807, 2.05) is 24.4 Å². The van der Waals surface area contributed by atoms with Crippen LogP contribution in [-0.2, 0) is 29.6 Å². The summed E-state index contributed by atoms with van der Waals surface area (Å²) in [7, 11) is -0.584. The molecule has 1 aliphatic rings. The zero-order valence-electron chi connectivity index (χ0n) is 19.5. The zero-order valence-corrected chi connectivity index (χ0v) is 20.3. The summed E-state index contributed by atoms with van der Waals surface area (Å²) in [5, 5.41) is 4.60. The van der Waals surface area contributed by atoms with E-state index in [1.165, 1.54) is 45.9 Å². The molecule has 3 aromatic heterocycles. The number of nitrogens with one attached hydrogen (secondary N) is 2. The third-order valence-electron chi connectivity index (χ3n) is 6.14. The van der Waals surface area contributed by atoms with E-state index in [-0.39, 0.29) is 6.54 Å². The van der Waals surface area contributed by atoms with Gasteiger partial charge in [0.05, 0.1) is 18.4 Å². The van der Waals surface area contributed by atoms with Crippen molar-refractivity contribution in [2.45, 2.75) is 19.4 Å². The van der Waals surface area contributed by atoms with Crippen LogP contribution in [0.5, 0.6) is 0 Å². The van der Waals surface area contributed by atoms with Crippen molar-refractivity contribution >= 4 is 26.9 Å². The SMILES string of the molecule is CN(C)S(=O)(=O)N1CCc2c(nc(-c3cncc(F)c3)nc2NCCc2c[nH]c3ccccc23)C1. The third kappa shape index (κ3) is 4.62. The van der Waals surface area contributed by atoms with Gasteiger partial charge in [0, 0.05) is 61.6 Å². The smallest absolute Gasteiger partial charge is 0.281 e. The summed E-state index contributed by atoms with van der Waals surface area (Å²) in [5.74, 6) is 0.444. The fourth-order valence-electron chi connectivity index (χ4n) is 4.30. The van der Waals surface area contributed by atoms with E-state index in [1.54, 1.807) is 0 Å². The predicted octanol–water partition coefficient (Wildman–Crippen LogP) is 2.98. The molecule has 0 saturated heterocycles. The molecule has 0 aliphatic carbocycles. The second kappa shape index (κ2) is 9.33. The Kier molecular flexibility index (Phi) is 6.22. The first-order valence-electron chi connectivity index (χ1n) is 11.3. The number of hydrogen-bond acceptors (Lipinski definition) is 6. The number of aromatic amines is 1. The van der Waals surface area contributed by atoms with Crippen LogP contribution in [0.4, 0.5) is 10.2 Å². The molecule has 9 nitrogen and oxygen atoms in total. The highest BCUT2D eigenvalue weighted by molar-refractivity contribution is 7.86. The van der Waals surface area contributed by atoms with Crippen molar-refractivity contribution in [2.75, 3.05) is 32.5 Å². The summed E-state index contributed by atoms with van der Waals surface area (Å²) in [6.45, 7) is 1.06. The minimum absolute atomic E-state index is 0.116. The van der Waals surface area contributed by atoms with Gasteiger partial charge in [0.15, 0.2) is 5.82 Å². The molecule has 0 atom stereocenters. The van der Waals surface area contributed by atoms with E-state index < -0.39 is 16.0 Å². The minimum atomic E-state index is -3.60. The van der Waals surface area contributed by atoms with Gasteiger partial charge in [-0.15, -0.1) is 0 Å². The second-order valence-electron chi connectivity index (χ2n) is 8.62. The maximum absolute atomic E-state index is 13.9. The molecule has 0 spiro atoms. The van der Waals surface area contributed by atoms with E-state index in [2.05, 4.69) is 31.3 Å². The van der Waals surface area contributed by atoms with Crippen LogP contribution in [0.1, 0.15) is 16.8 Å². The Morgan fingerprint density at radius 2 is 2.03 bits per heavy atom. The maximum atomic E-state index is 13.9. The molecule has 4 aromatic rings. The predicted molar refractivity (Wildman–Crippen MR) is 132 cm³/mol. The first kappa shape index (κ1) is 23.3. The van der Waals surface area contributed by atoms with Gasteiger partial charge in [-0.05, 0) is 30.5 Å². The fraction of sp³-hybridized carbons (Fsp3) is 0.292. The van der Waals surface area contributed by atoms with Crippen LogP contribution in [0.15, 0.2) is 48.9 Å². The number of rotatable bonds is 7. The Morgan fingerprint density at radius 3 is 2.83 bits per heavy atom. The largest absolute Gasteiger partial charge is 0.369 e. The fourth-order valence-corrected chi connectivity index (χ4v) is 5.37. The Bertz CT molecular complexity index is 1490. The minimum Gasteiger partial charge on any atom is -0.369 e. The molecule has 0 saturated carbocycles. The first-order chi connectivity index (χ1) is 16.8. The number of para-hydroxylation sites is 1. The zero-order chi connectivity index (χ0) is 24.6. The van der Waals surface area contributed by atoms with Gasteiger partial charge >= 0.3 is 0 Å². The normalized spacial score (nSPS) is 14.4. The van der Waals surface area contributed by atoms with Crippen molar-refractivity contribution in [3.63, 3.8) is 0 Å². The molecule has 4 heterocycles. The van der Waals surface area contributed by atoms with Crippen molar-refractivity contribution in [3.05, 3.63) is 71.6 Å². The number of fused-ring (bicyclic) bond motifs is 2. The van der Waals surface area contributed by atoms with Crippen molar-refractivity contribution in [1.82, 2.24) is 28.5 Å². The van der Waals surface area contributed by atoms with Crippen LogP contribution in [0, 0.1) is 5.82 Å².